The predicted octanol–water partition coefficient (Wildman–Crippen LogP) is 1.10. The second-order valence-electron chi connectivity index (χ2n) is 7.81. The van der Waals surface area contributed by atoms with Crippen LogP contribution in [0.25, 0.3) is 0 Å². The van der Waals surface area contributed by atoms with Crippen molar-refractivity contribution in [3.05, 3.63) is 28.3 Å². The van der Waals surface area contributed by atoms with Crippen LogP contribution in [0.15, 0.2) is 23.1 Å². The fourth-order valence-electron chi connectivity index (χ4n) is 3.93. The number of nitrogens with one attached hydrogen (secondary N) is 2. The lowest BCUT2D eigenvalue weighted by Crippen LogP contribution is -3.12. The molecule has 1 aliphatic carbocycles. The highest BCUT2D eigenvalue weighted by Gasteiger charge is 2.31. The molecule has 150 valence electrons. The summed E-state index contributed by atoms with van der Waals surface area (Å²) in [5, 5.41) is 14.9. The van der Waals surface area contributed by atoms with Crippen LogP contribution in [0.1, 0.15) is 32.6 Å². The van der Waals surface area contributed by atoms with Crippen molar-refractivity contribution in [3.63, 3.8) is 0 Å². The fraction of sp³-hybridized carbons (Fsp3) is 0.667. The highest BCUT2D eigenvalue weighted by molar-refractivity contribution is 7.89. The number of rotatable bonds is 5. The van der Waals surface area contributed by atoms with Crippen molar-refractivity contribution in [1.82, 2.24) is 4.31 Å². The number of quaternary nitrogens is 1. The molecule has 1 saturated carbocycles. The first-order chi connectivity index (χ1) is 12.8. The van der Waals surface area contributed by atoms with E-state index in [0.29, 0.717) is 24.7 Å². The Morgan fingerprint density at radius 3 is 2.52 bits per heavy atom. The van der Waals surface area contributed by atoms with Crippen molar-refractivity contribution in [2.24, 2.45) is 5.92 Å². The Labute approximate surface area is 160 Å². The van der Waals surface area contributed by atoms with Crippen LogP contribution in [0, 0.1) is 16.0 Å². The van der Waals surface area contributed by atoms with Gasteiger partial charge < -0.3 is 10.2 Å². The molecule has 9 heteroatoms. The number of nitrogens with zero attached hydrogens (tertiary/aromatic N) is 2. The molecule has 0 spiro atoms. The maximum Gasteiger partial charge on any atom is 0.293 e. The Morgan fingerprint density at radius 1 is 1.22 bits per heavy atom. The highest BCUT2D eigenvalue weighted by atomic mass is 32.2. The van der Waals surface area contributed by atoms with Crippen molar-refractivity contribution in [2.45, 2.75) is 43.5 Å². The van der Waals surface area contributed by atoms with Gasteiger partial charge in [0.25, 0.3) is 5.69 Å². The van der Waals surface area contributed by atoms with Gasteiger partial charge in [0.2, 0.25) is 10.0 Å². The van der Waals surface area contributed by atoms with E-state index in [9.17, 15) is 18.5 Å². The van der Waals surface area contributed by atoms with E-state index in [1.807, 2.05) is 7.05 Å². The van der Waals surface area contributed by atoms with Crippen molar-refractivity contribution in [2.75, 3.05) is 38.5 Å². The first-order valence-electron chi connectivity index (χ1n) is 9.65. The minimum Gasteiger partial charge on any atom is -0.376 e. The molecule has 1 aromatic rings. The van der Waals surface area contributed by atoms with Crippen molar-refractivity contribution >= 4 is 21.4 Å². The highest BCUT2D eigenvalue weighted by Crippen LogP contribution is 2.33. The molecule has 2 atom stereocenters. The number of likely N-dealkylation sites (N-methyl/N-ethyl adjacent to an activating group) is 1. The molecule has 27 heavy (non-hydrogen) atoms. The fourth-order valence-corrected chi connectivity index (χ4v) is 5.39. The zero-order valence-electron chi connectivity index (χ0n) is 16.0. The molecular weight excluding hydrogens is 368 g/mol. The van der Waals surface area contributed by atoms with Gasteiger partial charge in [-0.25, -0.2) is 8.42 Å². The summed E-state index contributed by atoms with van der Waals surface area (Å²) >= 11 is 0. The molecule has 3 rings (SSSR count). The van der Waals surface area contributed by atoms with E-state index in [1.54, 1.807) is 6.07 Å². The Kier molecular flexibility index (Phi) is 6.02. The number of hydrogen-bond donors (Lipinski definition) is 2. The SMILES string of the molecule is C[C@@H]1CCCC[C@@H]1Nc1ccc(S(=O)(=O)N2CC[NH+](C)CC2)cc1[N+](=O)[O-]. The minimum atomic E-state index is -3.71. The van der Waals surface area contributed by atoms with Gasteiger partial charge in [-0.05, 0) is 30.9 Å². The Hall–Kier alpha value is -1.71. The van der Waals surface area contributed by atoms with Crippen molar-refractivity contribution < 1.29 is 18.2 Å². The van der Waals surface area contributed by atoms with Crippen LogP contribution in [0.5, 0.6) is 0 Å². The number of anilines is 1. The van der Waals surface area contributed by atoms with Gasteiger partial charge in [0.05, 0.1) is 43.0 Å². The third-order valence-corrected chi connectivity index (χ3v) is 7.73. The average molecular weight is 398 g/mol. The molecule has 0 aromatic heterocycles. The quantitative estimate of drug-likeness (QED) is 0.573. The third-order valence-electron chi connectivity index (χ3n) is 5.83. The maximum absolute atomic E-state index is 12.9. The monoisotopic (exact) mass is 397 g/mol. The first kappa shape index (κ1) is 20.0. The van der Waals surface area contributed by atoms with Crippen LogP contribution in [0.4, 0.5) is 11.4 Å². The normalized spacial score (nSPS) is 25.3. The Morgan fingerprint density at radius 2 is 1.89 bits per heavy atom. The maximum atomic E-state index is 12.9. The number of piperazine rings is 1. The van der Waals surface area contributed by atoms with E-state index in [1.165, 1.54) is 27.8 Å². The molecule has 2 N–H and O–H groups in total. The number of benzene rings is 1. The molecule has 0 unspecified atom stereocenters. The number of sulfonamides is 1. The molecule has 0 amide bonds. The summed E-state index contributed by atoms with van der Waals surface area (Å²) in [7, 11) is -1.69. The lowest BCUT2D eigenvalue weighted by molar-refractivity contribution is -0.883. The van der Waals surface area contributed by atoms with Crippen LogP contribution in [0.2, 0.25) is 0 Å². The van der Waals surface area contributed by atoms with Gasteiger partial charge in [-0.2, -0.15) is 4.31 Å². The van der Waals surface area contributed by atoms with E-state index < -0.39 is 14.9 Å². The molecule has 1 aromatic carbocycles. The molecule has 2 aliphatic rings. The smallest absolute Gasteiger partial charge is 0.293 e. The van der Waals surface area contributed by atoms with Crippen molar-refractivity contribution in [1.29, 1.82) is 0 Å². The van der Waals surface area contributed by atoms with E-state index in [-0.39, 0.29) is 16.6 Å². The average Bonchev–Trinajstić information content (AvgIpc) is 2.64. The minimum absolute atomic E-state index is 0.00371. The molecule has 1 heterocycles. The van der Waals surface area contributed by atoms with Gasteiger partial charge in [-0.3, -0.25) is 10.1 Å². The molecule has 2 fully saturated rings. The van der Waals surface area contributed by atoms with Gasteiger partial charge in [0, 0.05) is 12.1 Å². The lowest BCUT2D eigenvalue weighted by atomic mass is 9.86. The summed E-state index contributed by atoms with van der Waals surface area (Å²) in [6.07, 6.45) is 4.37. The Balaban J connectivity index is 1.86. The van der Waals surface area contributed by atoms with Crippen LogP contribution >= 0.6 is 0 Å². The first-order valence-corrected chi connectivity index (χ1v) is 11.1. The van der Waals surface area contributed by atoms with E-state index in [0.717, 1.165) is 32.4 Å². The molecule has 0 bridgehead atoms. The summed E-state index contributed by atoms with van der Waals surface area (Å²) in [5.41, 5.74) is 0.231. The topological polar surface area (TPSA) is 97.0 Å². The molecular formula is C18H29N4O4S+. The zero-order chi connectivity index (χ0) is 19.6. The standard InChI is InChI=1S/C18H28N4O4S/c1-14-5-3-4-6-16(14)19-17-8-7-15(13-18(17)22(23)24)27(25,26)21-11-9-20(2)10-12-21/h7-8,13-14,16,19H,3-6,9-12H2,1-2H3/p+1/t14-,16+/m1/s1. The van der Waals surface area contributed by atoms with Crippen LogP contribution in [0.3, 0.4) is 0 Å². The van der Waals surface area contributed by atoms with Crippen LogP contribution < -0.4 is 10.2 Å². The van der Waals surface area contributed by atoms with Gasteiger partial charge >= 0.3 is 0 Å². The summed E-state index contributed by atoms with van der Waals surface area (Å²) in [6, 6.07) is 4.42. The van der Waals surface area contributed by atoms with E-state index in [2.05, 4.69) is 12.2 Å². The summed E-state index contributed by atoms with van der Waals surface area (Å²) in [6.45, 7) is 4.49. The third kappa shape index (κ3) is 4.41. The number of nitro benzene ring substituents is 1. The number of nitro groups is 1. The van der Waals surface area contributed by atoms with Gasteiger partial charge in [0.15, 0.2) is 0 Å². The van der Waals surface area contributed by atoms with Gasteiger partial charge in [0.1, 0.15) is 5.69 Å². The van der Waals surface area contributed by atoms with Crippen LogP contribution in [-0.2, 0) is 10.0 Å². The van der Waals surface area contributed by atoms with E-state index >= 15 is 0 Å². The predicted molar refractivity (Wildman–Crippen MR) is 104 cm³/mol. The second-order valence-corrected chi connectivity index (χ2v) is 9.75. The number of hydrogen-bond acceptors (Lipinski definition) is 5. The largest absolute Gasteiger partial charge is 0.376 e. The molecule has 1 aliphatic heterocycles. The van der Waals surface area contributed by atoms with Crippen molar-refractivity contribution in [3.8, 4) is 0 Å². The van der Waals surface area contributed by atoms with Crippen LogP contribution in [-0.4, -0.2) is 56.9 Å². The summed E-state index contributed by atoms with van der Waals surface area (Å²) in [4.78, 5) is 12.4. The van der Waals surface area contributed by atoms with E-state index in [4.69, 9.17) is 0 Å². The molecule has 0 radical (unpaired) electrons. The lowest BCUT2D eigenvalue weighted by Gasteiger charge is -2.30. The summed E-state index contributed by atoms with van der Waals surface area (Å²) < 4.78 is 27.2. The van der Waals surface area contributed by atoms with Gasteiger partial charge in [-0.15, -0.1) is 0 Å². The second kappa shape index (κ2) is 8.12. The summed E-state index contributed by atoms with van der Waals surface area (Å²) in [5.74, 6) is 0.439. The molecule has 1 saturated heterocycles. The Bertz CT molecular complexity index is 791. The molecule has 8 nitrogen and oxygen atoms in total. The zero-order valence-corrected chi connectivity index (χ0v) is 16.8. The van der Waals surface area contributed by atoms with Gasteiger partial charge in [-0.1, -0.05) is 19.8 Å².